The Labute approximate surface area is 267 Å². The molecule has 0 amide bonds. The molecule has 0 unspecified atom stereocenters. The van der Waals surface area contributed by atoms with Gasteiger partial charge in [-0.15, -0.1) is 106 Å². The van der Waals surface area contributed by atoms with Crippen molar-refractivity contribution >= 4 is 0 Å². The van der Waals surface area contributed by atoms with Gasteiger partial charge in [-0.2, -0.15) is 0 Å². The quantitative estimate of drug-likeness (QED) is 0.149. The van der Waals surface area contributed by atoms with Gasteiger partial charge in [0.25, 0.3) is 0 Å². The van der Waals surface area contributed by atoms with Gasteiger partial charge in [-0.3, -0.25) is 0 Å². The first-order valence-electron chi connectivity index (χ1n) is 14.7. The van der Waals surface area contributed by atoms with Crippen molar-refractivity contribution < 1.29 is 20.1 Å². The van der Waals surface area contributed by atoms with Gasteiger partial charge in [0, 0.05) is 38.7 Å². The molecule has 6 aromatic rings. The Balaban J connectivity index is 0.000000113. The van der Waals surface area contributed by atoms with Crippen LogP contribution < -0.4 is 0 Å². The van der Waals surface area contributed by atoms with Gasteiger partial charge in [0.2, 0.25) is 0 Å². The van der Waals surface area contributed by atoms with E-state index in [0.29, 0.717) is 0 Å². The van der Waals surface area contributed by atoms with E-state index < -0.39 is 0 Å². The van der Waals surface area contributed by atoms with Crippen LogP contribution in [-0.2, 0) is 58.6 Å². The van der Waals surface area contributed by atoms with Gasteiger partial charge in [-0.1, -0.05) is 54.2 Å². The molecular formula is C39H30IrN3-3. The number of hydrogen-bond donors (Lipinski definition) is 0. The molecule has 0 N–H and O–H groups in total. The van der Waals surface area contributed by atoms with E-state index in [2.05, 4.69) is 69.5 Å². The molecule has 3 aromatic heterocycles. The molecular weight excluding hydrogens is 703 g/mol. The second-order valence-electron chi connectivity index (χ2n) is 10.7. The van der Waals surface area contributed by atoms with Crippen LogP contribution in [0, 0.1) is 18.2 Å². The molecule has 3 nitrogen and oxygen atoms in total. The molecule has 0 bridgehead atoms. The Morgan fingerprint density at radius 2 is 0.651 bits per heavy atom. The van der Waals surface area contributed by atoms with Gasteiger partial charge < -0.3 is 15.0 Å². The monoisotopic (exact) mass is 733 g/mol. The summed E-state index contributed by atoms with van der Waals surface area (Å²) in [6.07, 6.45) is 12.2. The van der Waals surface area contributed by atoms with Gasteiger partial charge in [-0.05, 0) is 54.5 Å². The Kier molecular flexibility index (Phi) is 8.98. The first kappa shape index (κ1) is 28.9. The molecule has 0 saturated heterocycles. The first-order valence-corrected chi connectivity index (χ1v) is 14.7. The molecule has 3 heterocycles. The van der Waals surface area contributed by atoms with Gasteiger partial charge in [0.1, 0.15) is 0 Å². The Hall–Kier alpha value is -4.24. The van der Waals surface area contributed by atoms with Crippen LogP contribution >= 0.6 is 0 Å². The van der Waals surface area contributed by atoms with Crippen molar-refractivity contribution in [1.29, 1.82) is 0 Å². The maximum atomic E-state index is 4.43. The van der Waals surface area contributed by atoms with Crippen LogP contribution in [0.5, 0.6) is 0 Å². The summed E-state index contributed by atoms with van der Waals surface area (Å²) < 4.78 is 0. The molecule has 0 aliphatic heterocycles. The van der Waals surface area contributed by atoms with E-state index in [1.807, 2.05) is 73.2 Å². The summed E-state index contributed by atoms with van der Waals surface area (Å²) in [7, 11) is 0. The summed E-state index contributed by atoms with van der Waals surface area (Å²) in [5.41, 5.74) is 15.1. The minimum Gasteiger partial charge on any atom is -0.304 e. The van der Waals surface area contributed by atoms with E-state index in [-0.39, 0.29) is 20.1 Å². The van der Waals surface area contributed by atoms with Gasteiger partial charge in [-0.25, -0.2) is 0 Å². The fraction of sp³-hybridized carbons (Fsp3) is 0.154. The fourth-order valence-corrected chi connectivity index (χ4v) is 6.11. The van der Waals surface area contributed by atoms with Crippen LogP contribution in [0.1, 0.15) is 33.4 Å². The molecule has 9 rings (SSSR count). The second kappa shape index (κ2) is 13.4. The summed E-state index contributed by atoms with van der Waals surface area (Å²) in [5.74, 6) is 0. The third-order valence-corrected chi connectivity index (χ3v) is 8.20. The molecule has 1 radical (unpaired) electrons. The Morgan fingerprint density at radius 1 is 0.372 bits per heavy atom. The zero-order chi connectivity index (χ0) is 28.1. The molecule has 0 fully saturated rings. The minimum atomic E-state index is 0. The van der Waals surface area contributed by atoms with E-state index in [4.69, 9.17) is 0 Å². The third-order valence-electron chi connectivity index (χ3n) is 8.20. The van der Waals surface area contributed by atoms with E-state index in [1.165, 1.54) is 50.1 Å². The normalized spacial score (nSPS) is 12.8. The smallest absolute Gasteiger partial charge is 0.0160 e. The fourth-order valence-electron chi connectivity index (χ4n) is 6.11. The molecule has 43 heavy (non-hydrogen) atoms. The summed E-state index contributed by atoms with van der Waals surface area (Å²) in [6.45, 7) is 0. The number of fused-ring (bicyclic) bond motifs is 9. The molecule has 0 atom stereocenters. The maximum absolute atomic E-state index is 4.43. The number of rotatable bonds is 0. The number of hydrogen-bond acceptors (Lipinski definition) is 3. The van der Waals surface area contributed by atoms with Crippen LogP contribution in [0.25, 0.3) is 33.8 Å². The van der Waals surface area contributed by atoms with Crippen LogP contribution in [0.4, 0.5) is 0 Å². The second-order valence-corrected chi connectivity index (χ2v) is 10.7. The van der Waals surface area contributed by atoms with Crippen molar-refractivity contribution in [3.05, 3.63) is 161 Å². The number of nitrogens with zero attached hydrogens (tertiary/aromatic N) is 3. The number of benzene rings is 3. The van der Waals surface area contributed by atoms with Gasteiger partial charge in [0.15, 0.2) is 0 Å². The van der Waals surface area contributed by atoms with E-state index in [0.717, 1.165) is 55.6 Å². The topological polar surface area (TPSA) is 38.7 Å². The Bertz CT molecular complexity index is 1510. The molecule has 3 aromatic carbocycles. The molecule has 0 saturated carbocycles. The van der Waals surface area contributed by atoms with E-state index in [9.17, 15) is 0 Å². The van der Waals surface area contributed by atoms with E-state index >= 15 is 0 Å². The summed E-state index contributed by atoms with van der Waals surface area (Å²) in [5, 5.41) is 0. The van der Waals surface area contributed by atoms with Gasteiger partial charge >= 0.3 is 0 Å². The minimum absolute atomic E-state index is 0. The molecule has 0 spiro atoms. The standard InChI is InChI=1S/3C13H10N.Ir/c3*1-2-6-12-10(4-1)7-8-11-5-3-9-14-13(11)12;/h3*1-5,9H,7-8H2;/q3*-1;. The van der Waals surface area contributed by atoms with Crippen LogP contribution in [0.3, 0.4) is 0 Å². The molecule has 3 aliphatic carbocycles. The van der Waals surface area contributed by atoms with Crippen molar-refractivity contribution in [3.63, 3.8) is 0 Å². The van der Waals surface area contributed by atoms with Crippen molar-refractivity contribution in [2.75, 3.05) is 0 Å². The van der Waals surface area contributed by atoms with Crippen LogP contribution in [0.15, 0.2) is 110 Å². The summed E-state index contributed by atoms with van der Waals surface area (Å²) >= 11 is 0. The average molecular weight is 733 g/mol. The van der Waals surface area contributed by atoms with Crippen molar-refractivity contribution in [1.82, 2.24) is 15.0 Å². The third kappa shape index (κ3) is 6.13. The number of aromatic nitrogens is 3. The van der Waals surface area contributed by atoms with Crippen molar-refractivity contribution in [3.8, 4) is 33.8 Å². The predicted octanol–water partition coefficient (Wildman–Crippen LogP) is 7.94. The van der Waals surface area contributed by atoms with Gasteiger partial charge in [0.05, 0.1) is 0 Å². The first-order chi connectivity index (χ1) is 20.8. The molecule has 3 aliphatic rings. The molecule has 213 valence electrons. The van der Waals surface area contributed by atoms with Crippen molar-refractivity contribution in [2.45, 2.75) is 38.5 Å². The average Bonchev–Trinajstić information content (AvgIpc) is 3.09. The summed E-state index contributed by atoms with van der Waals surface area (Å²) in [4.78, 5) is 13.3. The Morgan fingerprint density at radius 3 is 0.977 bits per heavy atom. The zero-order valence-electron chi connectivity index (χ0n) is 23.8. The SMILES string of the molecule is [Ir].[c-]1cccc2c1-c1ncccc1CC2.[c-]1cccc2c1-c1ncccc1CC2.[c-]1cccc2c1-c1ncccc1CC2. The van der Waals surface area contributed by atoms with E-state index in [1.54, 1.807) is 0 Å². The summed E-state index contributed by atoms with van der Waals surface area (Å²) in [6, 6.07) is 40.9. The maximum Gasteiger partial charge on any atom is 0.0160 e. The predicted molar refractivity (Wildman–Crippen MR) is 168 cm³/mol. The number of aryl methyl sites for hydroxylation is 6. The van der Waals surface area contributed by atoms with Crippen LogP contribution in [-0.4, -0.2) is 15.0 Å². The van der Waals surface area contributed by atoms with Crippen molar-refractivity contribution in [2.24, 2.45) is 0 Å². The number of pyridine rings is 3. The largest absolute Gasteiger partial charge is 0.304 e. The molecule has 4 heteroatoms. The zero-order valence-corrected chi connectivity index (χ0v) is 26.2. The van der Waals surface area contributed by atoms with Crippen LogP contribution in [0.2, 0.25) is 0 Å².